The number of halogens is 4. The largest absolute Gasteiger partial charge is 0.399 e. The van der Waals surface area contributed by atoms with Crippen LogP contribution in [-0.2, 0) is 0 Å². The maximum absolute atomic E-state index is 13.6. The number of hydrogen-bond acceptors (Lipinski definition) is 2. The first-order chi connectivity index (χ1) is 9.40. The van der Waals surface area contributed by atoms with E-state index in [2.05, 4.69) is 21.2 Å². The summed E-state index contributed by atoms with van der Waals surface area (Å²) in [6.45, 7) is 0. The molecule has 0 spiro atoms. The SMILES string of the molecule is Nc1ccc(F)c(C(=O)Nc2ccc(Br)c(Cl)c2Cl)c1. The summed E-state index contributed by atoms with van der Waals surface area (Å²) in [6.07, 6.45) is 0. The molecule has 0 unspecified atom stereocenters. The zero-order valence-corrected chi connectivity index (χ0v) is 13.0. The summed E-state index contributed by atoms with van der Waals surface area (Å²) < 4.78 is 14.2. The van der Waals surface area contributed by atoms with E-state index in [-0.39, 0.29) is 27.0 Å². The van der Waals surface area contributed by atoms with E-state index in [1.165, 1.54) is 12.1 Å². The van der Waals surface area contributed by atoms with Crippen molar-refractivity contribution >= 4 is 56.4 Å². The maximum Gasteiger partial charge on any atom is 0.258 e. The van der Waals surface area contributed by atoms with Gasteiger partial charge in [0.2, 0.25) is 0 Å². The Bertz CT molecular complexity index is 694. The number of carbonyl (C=O) groups is 1. The quantitative estimate of drug-likeness (QED) is 0.587. The van der Waals surface area contributed by atoms with Gasteiger partial charge in [0.15, 0.2) is 0 Å². The van der Waals surface area contributed by atoms with E-state index in [1.54, 1.807) is 12.1 Å². The van der Waals surface area contributed by atoms with Crippen LogP contribution in [0.25, 0.3) is 0 Å². The molecule has 2 aromatic carbocycles. The van der Waals surface area contributed by atoms with Gasteiger partial charge in [-0.3, -0.25) is 4.79 Å². The van der Waals surface area contributed by atoms with Crippen LogP contribution in [-0.4, -0.2) is 5.91 Å². The molecule has 0 aliphatic carbocycles. The van der Waals surface area contributed by atoms with Gasteiger partial charge in [0.1, 0.15) is 5.82 Å². The third kappa shape index (κ3) is 3.06. The number of nitrogens with two attached hydrogens (primary N) is 1. The van der Waals surface area contributed by atoms with Crippen LogP contribution in [0, 0.1) is 5.82 Å². The lowest BCUT2D eigenvalue weighted by Gasteiger charge is -2.10. The fraction of sp³-hybridized carbons (Fsp3) is 0. The summed E-state index contributed by atoms with van der Waals surface area (Å²) in [5.41, 5.74) is 5.94. The molecule has 0 atom stereocenters. The molecule has 0 saturated heterocycles. The van der Waals surface area contributed by atoms with Crippen molar-refractivity contribution in [2.75, 3.05) is 11.1 Å². The zero-order valence-electron chi connectivity index (χ0n) is 9.88. The summed E-state index contributed by atoms with van der Waals surface area (Å²) in [7, 11) is 0. The molecule has 0 heterocycles. The highest BCUT2D eigenvalue weighted by atomic mass is 79.9. The molecule has 20 heavy (non-hydrogen) atoms. The molecule has 3 nitrogen and oxygen atoms in total. The minimum absolute atomic E-state index is 0.165. The number of rotatable bonds is 2. The molecular weight excluding hydrogens is 370 g/mol. The van der Waals surface area contributed by atoms with Crippen molar-refractivity contribution < 1.29 is 9.18 Å². The highest BCUT2D eigenvalue weighted by Crippen LogP contribution is 2.36. The van der Waals surface area contributed by atoms with Crippen molar-refractivity contribution in [3.8, 4) is 0 Å². The summed E-state index contributed by atoms with van der Waals surface area (Å²) in [5, 5.41) is 2.92. The molecule has 0 aliphatic rings. The summed E-state index contributed by atoms with van der Waals surface area (Å²) in [5.74, 6) is -1.33. The Morgan fingerprint density at radius 1 is 1.20 bits per heavy atom. The molecule has 3 N–H and O–H groups in total. The van der Waals surface area contributed by atoms with Gasteiger partial charge in [-0.1, -0.05) is 23.2 Å². The average molecular weight is 378 g/mol. The normalized spacial score (nSPS) is 10.4. The van der Waals surface area contributed by atoms with Crippen molar-refractivity contribution in [2.45, 2.75) is 0 Å². The average Bonchev–Trinajstić information content (AvgIpc) is 2.42. The number of carbonyl (C=O) groups excluding carboxylic acids is 1. The minimum Gasteiger partial charge on any atom is -0.399 e. The Morgan fingerprint density at radius 2 is 1.90 bits per heavy atom. The molecule has 0 saturated carbocycles. The van der Waals surface area contributed by atoms with Gasteiger partial charge < -0.3 is 11.1 Å². The zero-order chi connectivity index (χ0) is 14.9. The first-order valence-electron chi connectivity index (χ1n) is 5.40. The summed E-state index contributed by atoms with van der Waals surface area (Å²) in [6, 6.07) is 6.93. The Hall–Kier alpha value is -1.30. The van der Waals surface area contributed by atoms with Crippen LogP contribution < -0.4 is 11.1 Å². The van der Waals surface area contributed by atoms with E-state index in [1.807, 2.05) is 0 Å². The van der Waals surface area contributed by atoms with Crippen molar-refractivity contribution in [3.05, 3.63) is 56.2 Å². The summed E-state index contributed by atoms with van der Waals surface area (Å²) in [4.78, 5) is 12.0. The third-order valence-electron chi connectivity index (χ3n) is 2.52. The first kappa shape index (κ1) is 15.1. The molecule has 0 radical (unpaired) electrons. The molecule has 2 rings (SSSR count). The lowest BCUT2D eigenvalue weighted by molar-refractivity contribution is 0.102. The molecule has 1 amide bonds. The van der Waals surface area contributed by atoms with Gasteiger partial charge in [-0.15, -0.1) is 0 Å². The Kier molecular flexibility index (Phi) is 4.52. The number of anilines is 2. The predicted octanol–water partition coefficient (Wildman–Crippen LogP) is 4.73. The van der Waals surface area contributed by atoms with E-state index in [0.29, 0.717) is 4.47 Å². The van der Waals surface area contributed by atoms with Crippen molar-refractivity contribution in [1.29, 1.82) is 0 Å². The number of hydrogen-bond donors (Lipinski definition) is 2. The molecule has 0 fully saturated rings. The second kappa shape index (κ2) is 5.99. The molecule has 2 aromatic rings. The Labute approximate surface area is 133 Å². The lowest BCUT2D eigenvalue weighted by atomic mass is 10.1. The van der Waals surface area contributed by atoms with Crippen LogP contribution in [0.1, 0.15) is 10.4 Å². The molecule has 0 aliphatic heterocycles. The van der Waals surface area contributed by atoms with Crippen molar-refractivity contribution in [1.82, 2.24) is 0 Å². The Morgan fingerprint density at radius 3 is 2.60 bits per heavy atom. The fourth-order valence-corrected chi connectivity index (χ4v) is 2.35. The van der Waals surface area contributed by atoms with Crippen LogP contribution in [0.2, 0.25) is 10.0 Å². The third-order valence-corrected chi connectivity index (χ3v) is 4.29. The second-order valence-corrected chi connectivity index (χ2v) is 5.53. The van der Waals surface area contributed by atoms with Crippen LogP contribution in [0.3, 0.4) is 0 Å². The number of benzene rings is 2. The first-order valence-corrected chi connectivity index (χ1v) is 6.95. The predicted molar refractivity (Wildman–Crippen MR) is 82.9 cm³/mol. The molecule has 7 heteroatoms. The number of nitrogens with one attached hydrogen (secondary N) is 1. The van der Waals surface area contributed by atoms with Crippen LogP contribution >= 0.6 is 39.1 Å². The fourth-order valence-electron chi connectivity index (χ4n) is 1.53. The minimum atomic E-state index is -0.670. The summed E-state index contributed by atoms with van der Waals surface area (Å²) >= 11 is 15.2. The Balaban J connectivity index is 2.33. The number of nitrogen functional groups attached to an aromatic ring is 1. The molecule has 104 valence electrons. The highest BCUT2D eigenvalue weighted by molar-refractivity contribution is 9.10. The molecule has 0 bridgehead atoms. The van der Waals surface area contributed by atoms with Crippen LogP contribution in [0.4, 0.5) is 15.8 Å². The molecule has 0 aromatic heterocycles. The maximum atomic E-state index is 13.6. The van der Waals surface area contributed by atoms with E-state index >= 15 is 0 Å². The van der Waals surface area contributed by atoms with Gasteiger partial charge in [0.05, 0.1) is 21.3 Å². The van der Waals surface area contributed by atoms with Crippen LogP contribution in [0.5, 0.6) is 0 Å². The smallest absolute Gasteiger partial charge is 0.258 e. The van der Waals surface area contributed by atoms with E-state index < -0.39 is 11.7 Å². The molecular formula is C13H8BrCl2FN2O. The van der Waals surface area contributed by atoms with E-state index in [4.69, 9.17) is 28.9 Å². The van der Waals surface area contributed by atoms with Crippen molar-refractivity contribution in [3.63, 3.8) is 0 Å². The standard InChI is InChI=1S/C13H8BrCl2FN2O/c14-8-2-4-10(12(16)11(8)15)19-13(20)7-5-6(18)1-3-9(7)17/h1-5H,18H2,(H,19,20). The van der Waals surface area contributed by atoms with Gasteiger partial charge in [-0.25, -0.2) is 4.39 Å². The number of amides is 1. The van der Waals surface area contributed by atoms with E-state index in [0.717, 1.165) is 6.07 Å². The highest BCUT2D eigenvalue weighted by Gasteiger charge is 2.15. The van der Waals surface area contributed by atoms with Gasteiger partial charge in [0.25, 0.3) is 5.91 Å². The van der Waals surface area contributed by atoms with Gasteiger partial charge in [-0.05, 0) is 46.3 Å². The van der Waals surface area contributed by atoms with Crippen molar-refractivity contribution in [2.24, 2.45) is 0 Å². The second-order valence-electron chi connectivity index (χ2n) is 3.92. The monoisotopic (exact) mass is 376 g/mol. The lowest BCUT2D eigenvalue weighted by Crippen LogP contribution is -2.14. The van der Waals surface area contributed by atoms with Gasteiger partial charge in [-0.2, -0.15) is 0 Å². The van der Waals surface area contributed by atoms with Gasteiger partial charge >= 0.3 is 0 Å². The van der Waals surface area contributed by atoms with E-state index in [9.17, 15) is 9.18 Å². The van der Waals surface area contributed by atoms with Gasteiger partial charge in [0, 0.05) is 10.2 Å². The topological polar surface area (TPSA) is 55.1 Å². The van der Waals surface area contributed by atoms with Crippen LogP contribution in [0.15, 0.2) is 34.8 Å².